The SMILES string of the molecule is NNCCCCCOc1ccccc1. The smallest absolute Gasteiger partial charge is 0.119 e. The van der Waals surface area contributed by atoms with E-state index in [0.717, 1.165) is 38.2 Å². The second-order valence-electron chi connectivity index (χ2n) is 3.18. The van der Waals surface area contributed by atoms with Gasteiger partial charge in [0.05, 0.1) is 6.61 Å². The number of nitrogens with one attached hydrogen (secondary N) is 1. The van der Waals surface area contributed by atoms with Crippen LogP contribution in [0.2, 0.25) is 0 Å². The topological polar surface area (TPSA) is 47.3 Å². The van der Waals surface area contributed by atoms with Gasteiger partial charge < -0.3 is 4.74 Å². The van der Waals surface area contributed by atoms with Crippen molar-refractivity contribution in [1.29, 1.82) is 0 Å². The summed E-state index contributed by atoms with van der Waals surface area (Å²) in [6.07, 6.45) is 3.34. The fourth-order valence-corrected chi connectivity index (χ4v) is 1.21. The molecule has 0 aliphatic carbocycles. The minimum Gasteiger partial charge on any atom is -0.494 e. The van der Waals surface area contributed by atoms with Gasteiger partial charge in [-0.1, -0.05) is 18.2 Å². The summed E-state index contributed by atoms with van der Waals surface area (Å²) in [4.78, 5) is 0. The first-order valence-corrected chi connectivity index (χ1v) is 5.05. The molecule has 0 aliphatic heterocycles. The third-order valence-electron chi connectivity index (χ3n) is 1.98. The van der Waals surface area contributed by atoms with Crippen molar-refractivity contribution >= 4 is 0 Å². The average Bonchev–Trinajstić information content (AvgIpc) is 2.25. The zero-order valence-corrected chi connectivity index (χ0v) is 8.41. The van der Waals surface area contributed by atoms with Gasteiger partial charge in [0.2, 0.25) is 0 Å². The molecule has 78 valence electrons. The third kappa shape index (κ3) is 4.84. The first kappa shape index (κ1) is 11.0. The van der Waals surface area contributed by atoms with Crippen LogP contribution in [-0.4, -0.2) is 13.2 Å². The maximum Gasteiger partial charge on any atom is 0.119 e. The van der Waals surface area contributed by atoms with Gasteiger partial charge in [-0.15, -0.1) is 0 Å². The third-order valence-corrected chi connectivity index (χ3v) is 1.98. The fraction of sp³-hybridized carbons (Fsp3) is 0.455. The van der Waals surface area contributed by atoms with Gasteiger partial charge in [-0.05, 0) is 31.4 Å². The van der Waals surface area contributed by atoms with E-state index in [2.05, 4.69) is 5.43 Å². The Morgan fingerprint density at radius 1 is 1.07 bits per heavy atom. The normalized spacial score (nSPS) is 10.1. The number of hydrogen-bond acceptors (Lipinski definition) is 3. The largest absolute Gasteiger partial charge is 0.494 e. The molecule has 3 N–H and O–H groups in total. The van der Waals surface area contributed by atoms with Crippen molar-refractivity contribution in [1.82, 2.24) is 5.43 Å². The number of ether oxygens (including phenoxy) is 1. The Kier molecular flexibility index (Phi) is 5.79. The molecular weight excluding hydrogens is 176 g/mol. The summed E-state index contributed by atoms with van der Waals surface area (Å²) in [6.45, 7) is 1.67. The van der Waals surface area contributed by atoms with Gasteiger partial charge in [-0.3, -0.25) is 11.3 Å². The van der Waals surface area contributed by atoms with E-state index in [0.29, 0.717) is 0 Å². The van der Waals surface area contributed by atoms with E-state index < -0.39 is 0 Å². The Balaban J connectivity index is 1.99. The van der Waals surface area contributed by atoms with E-state index in [1.54, 1.807) is 0 Å². The van der Waals surface area contributed by atoms with Gasteiger partial charge >= 0.3 is 0 Å². The molecule has 0 saturated heterocycles. The zero-order valence-electron chi connectivity index (χ0n) is 8.41. The van der Waals surface area contributed by atoms with Crippen LogP contribution in [0.3, 0.4) is 0 Å². The van der Waals surface area contributed by atoms with Gasteiger partial charge in [0.15, 0.2) is 0 Å². The van der Waals surface area contributed by atoms with Crippen molar-refractivity contribution in [2.45, 2.75) is 19.3 Å². The van der Waals surface area contributed by atoms with Crippen LogP contribution in [0, 0.1) is 0 Å². The molecule has 1 aromatic rings. The molecule has 0 fully saturated rings. The van der Waals surface area contributed by atoms with Crippen LogP contribution in [0.25, 0.3) is 0 Å². The molecular formula is C11H18N2O. The van der Waals surface area contributed by atoms with E-state index in [1.807, 2.05) is 30.3 Å². The van der Waals surface area contributed by atoms with E-state index in [9.17, 15) is 0 Å². The summed E-state index contributed by atoms with van der Waals surface area (Å²) < 4.78 is 5.53. The molecule has 0 atom stereocenters. The van der Waals surface area contributed by atoms with E-state index >= 15 is 0 Å². The van der Waals surface area contributed by atoms with Gasteiger partial charge in [0.1, 0.15) is 5.75 Å². The fourth-order valence-electron chi connectivity index (χ4n) is 1.21. The predicted molar refractivity (Wildman–Crippen MR) is 58.0 cm³/mol. The molecule has 0 heterocycles. The van der Waals surface area contributed by atoms with Gasteiger partial charge in [0, 0.05) is 6.54 Å². The highest BCUT2D eigenvalue weighted by molar-refractivity contribution is 5.20. The highest BCUT2D eigenvalue weighted by Crippen LogP contribution is 2.08. The Morgan fingerprint density at radius 3 is 2.57 bits per heavy atom. The molecule has 0 aromatic heterocycles. The van der Waals surface area contributed by atoms with Crippen LogP contribution in [0.5, 0.6) is 5.75 Å². The molecule has 0 spiro atoms. The summed E-state index contributed by atoms with van der Waals surface area (Å²) >= 11 is 0. The Hall–Kier alpha value is -1.06. The van der Waals surface area contributed by atoms with Crippen LogP contribution in [0.4, 0.5) is 0 Å². The van der Waals surface area contributed by atoms with Crippen LogP contribution in [0.15, 0.2) is 30.3 Å². The van der Waals surface area contributed by atoms with Crippen LogP contribution < -0.4 is 16.0 Å². The van der Waals surface area contributed by atoms with Crippen molar-refractivity contribution in [3.63, 3.8) is 0 Å². The maximum absolute atomic E-state index is 5.53. The van der Waals surface area contributed by atoms with Gasteiger partial charge in [-0.25, -0.2) is 0 Å². The van der Waals surface area contributed by atoms with Gasteiger partial charge in [0.25, 0.3) is 0 Å². The van der Waals surface area contributed by atoms with Crippen molar-refractivity contribution in [2.75, 3.05) is 13.2 Å². The standard InChI is InChI=1S/C11H18N2O/c12-13-9-5-2-6-10-14-11-7-3-1-4-8-11/h1,3-4,7-8,13H,2,5-6,9-10,12H2. The first-order valence-electron chi connectivity index (χ1n) is 5.05. The minimum atomic E-state index is 0.786. The molecule has 1 aromatic carbocycles. The summed E-state index contributed by atoms with van der Waals surface area (Å²) in [5.74, 6) is 6.10. The predicted octanol–water partition coefficient (Wildman–Crippen LogP) is 1.70. The van der Waals surface area contributed by atoms with Crippen LogP contribution in [-0.2, 0) is 0 Å². The van der Waals surface area contributed by atoms with Crippen molar-refractivity contribution < 1.29 is 4.74 Å². The quantitative estimate of drug-likeness (QED) is 0.394. The molecule has 0 unspecified atom stereocenters. The molecule has 0 bridgehead atoms. The summed E-state index contributed by atoms with van der Waals surface area (Å²) in [6, 6.07) is 9.89. The number of para-hydroxylation sites is 1. The van der Waals surface area contributed by atoms with E-state index in [4.69, 9.17) is 10.6 Å². The van der Waals surface area contributed by atoms with Crippen molar-refractivity contribution in [2.24, 2.45) is 5.84 Å². The zero-order chi connectivity index (χ0) is 10.1. The number of rotatable bonds is 7. The van der Waals surface area contributed by atoms with E-state index in [1.165, 1.54) is 0 Å². The summed E-state index contributed by atoms with van der Waals surface area (Å²) in [7, 11) is 0. The lowest BCUT2D eigenvalue weighted by molar-refractivity contribution is 0.305. The summed E-state index contributed by atoms with van der Waals surface area (Å²) in [5, 5.41) is 0. The highest BCUT2D eigenvalue weighted by Gasteiger charge is 1.91. The minimum absolute atomic E-state index is 0.786. The number of unbranched alkanes of at least 4 members (excludes halogenated alkanes) is 2. The molecule has 3 heteroatoms. The molecule has 0 amide bonds. The maximum atomic E-state index is 5.53. The number of nitrogens with two attached hydrogens (primary N) is 1. The number of hydrogen-bond donors (Lipinski definition) is 2. The average molecular weight is 194 g/mol. The highest BCUT2D eigenvalue weighted by atomic mass is 16.5. The lowest BCUT2D eigenvalue weighted by Crippen LogP contribution is -2.22. The first-order chi connectivity index (χ1) is 6.93. The Labute approximate surface area is 85.2 Å². The van der Waals surface area contributed by atoms with Crippen LogP contribution >= 0.6 is 0 Å². The lowest BCUT2D eigenvalue weighted by Gasteiger charge is -2.05. The van der Waals surface area contributed by atoms with Gasteiger partial charge in [-0.2, -0.15) is 0 Å². The molecule has 14 heavy (non-hydrogen) atoms. The van der Waals surface area contributed by atoms with Crippen molar-refractivity contribution in [3.05, 3.63) is 30.3 Å². The number of hydrazine groups is 1. The molecule has 3 nitrogen and oxygen atoms in total. The molecule has 1 rings (SSSR count). The van der Waals surface area contributed by atoms with Crippen molar-refractivity contribution in [3.8, 4) is 5.75 Å². The second kappa shape index (κ2) is 7.35. The Morgan fingerprint density at radius 2 is 1.86 bits per heavy atom. The molecule has 0 saturated carbocycles. The molecule has 0 aliphatic rings. The number of benzene rings is 1. The monoisotopic (exact) mass is 194 g/mol. The van der Waals surface area contributed by atoms with Crippen LogP contribution in [0.1, 0.15) is 19.3 Å². The Bertz CT molecular complexity index is 226. The van der Waals surface area contributed by atoms with E-state index in [-0.39, 0.29) is 0 Å². The summed E-state index contributed by atoms with van der Waals surface area (Å²) in [5.41, 5.74) is 2.64. The molecule has 0 radical (unpaired) electrons. The lowest BCUT2D eigenvalue weighted by atomic mass is 10.2. The second-order valence-corrected chi connectivity index (χ2v) is 3.18.